The lowest BCUT2D eigenvalue weighted by Crippen LogP contribution is -2.45. The number of para-hydroxylation sites is 1. The Morgan fingerprint density at radius 1 is 1.25 bits per heavy atom. The molecule has 0 bridgehead atoms. The molecule has 0 radical (unpaired) electrons. The number of fused-ring (bicyclic) bond motifs is 1. The van der Waals surface area contributed by atoms with Crippen molar-refractivity contribution >= 4 is 21.7 Å². The van der Waals surface area contributed by atoms with E-state index in [1.165, 1.54) is 6.07 Å². The molecule has 0 aromatic heterocycles. The summed E-state index contributed by atoms with van der Waals surface area (Å²) in [6.07, 6.45) is 1.52. The van der Waals surface area contributed by atoms with Crippen LogP contribution >= 0.6 is 0 Å². The highest BCUT2D eigenvalue weighted by Crippen LogP contribution is 2.37. The first-order valence-electron chi connectivity index (χ1n) is 5.05. The van der Waals surface area contributed by atoms with Gasteiger partial charge in [0.15, 0.2) is 0 Å². The fourth-order valence-electron chi connectivity index (χ4n) is 1.85. The van der Waals surface area contributed by atoms with Gasteiger partial charge in [0, 0.05) is 0 Å². The van der Waals surface area contributed by atoms with Crippen LogP contribution in [-0.2, 0) is 10.0 Å². The van der Waals surface area contributed by atoms with Crippen molar-refractivity contribution in [2.45, 2.75) is 23.8 Å². The van der Waals surface area contributed by atoms with Crippen LogP contribution in [0, 0.1) is 0 Å². The lowest BCUT2D eigenvalue weighted by Gasteiger charge is -2.28. The van der Waals surface area contributed by atoms with Crippen molar-refractivity contribution < 1.29 is 13.2 Å². The Labute approximate surface area is 93.1 Å². The summed E-state index contributed by atoms with van der Waals surface area (Å²) < 4.78 is 25.3. The van der Waals surface area contributed by atoms with Crippen molar-refractivity contribution in [2.24, 2.45) is 0 Å². The Kier molecular flexibility index (Phi) is 1.79. The molecule has 1 heterocycles. The van der Waals surface area contributed by atoms with E-state index < -0.39 is 16.1 Å². The second kappa shape index (κ2) is 2.98. The molecule has 1 aromatic carbocycles. The fourth-order valence-corrected chi connectivity index (χ4v) is 3.58. The van der Waals surface area contributed by atoms with E-state index in [9.17, 15) is 13.2 Å². The summed E-state index contributed by atoms with van der Waals surface area (Å²) in [7, 11) is -3.65. The molecular formula is C10H10N2O3S. The van der Waals surface area contributed by atoms with Gasteiger partial charge in [-0.2, -0.15) is 0 Å². The van der Waals surface area contributed by atoms with Gasteiger partial charge in [-0.25, -0.2) is 17.5 Å². The molecule has 84 valence electrons. The number of urea groups is 1. The van der Waals surface area contributed by atoms with Gasteiger partial charge in [0.1, 0.15) is 4.90 Å². The van der Waals surface area contributed by atoms with Crippen LogP contribution in [0.5, 0.6) is 0 Å². The zero-order valence-electron chi connectivity index (χ0n) is 8.38. The number of rotatable bonds is 1. The maximum atomic E-state index is 12.2. The molecule has 3 rings (SSSR count). The lowest BCUT2D eigenvalue weighted by atomic mass is 10.3. The van der Waals surface area contributed by atoms with E-state index in [0.29, 0.717) is 5.69 Å². The highest BCUT2D eigenvalue weighted by atomic mass is 32.2. The molecule has 16 heavy (non-hydrogen) atoms. The third kappa shape index (κ3) is 1.23. The standard InChI is InChI=1S/C10H10N2O3S/c13-10-11-8-3-1-2-4-9(8)16(14,15)12(10)7-5-6-7/h1-4,7H,5-6H2,(H,11,13). The molecule has 0 atom stereocenters. The number of nitrogens with one attached hydrogen (secondary N) is 1. The van der Waals surface area contributed by atoms with Crippen molar-refractivity contribution in [1.82, 2.24) is 4.31 Å². The summed E-state index contributed by atoms with van der Waals surface area (Å²) in [6.45, 7) is 0. The summed E-state index contributed by atoms with van der Waals surface area (Å²) in [4.78, 5) is 11.9. The van der Waals surface area contributed by atoms with Gasteiger partial charge in [-0.15, -0.1) is 0 Å². The maximum absolute atomic E-state index is 12.2. The van der Waals surface area contributed by atoms with E-state index in [4.69, 9.17) is 0 Å². The molecule has 2 amide bonds. The van der Waals surface area contributed by atoms with E-state index in [0.717, 1.165) is 17.1 Å². The van der Waals surface area contributed by atoms with Crippen LogP contribution in [0.2, 0.25) is 0 Å². The molecule has 1 N–H and O–H groups in total. The molecule has 0 spiro atoms. The second-order valence-electron chi connectivity index (χ2n) is 3.96. The van der Waals surface area contributed by atoms with E-state index in [-0.39, 0.29) is 10.9 Å². The number of hydrogen-bond acceptors (Lipinski definition) is 3. The van der Waals surface area contributed by atoms with Gasteiger partial charge in [0.05, 0.1) is 11.7 Å². The Morgan fingerprint density at radius 3 is 2.62 bits per heavy atom. The third-order valence-corrected chi connectivity index (χ3v) is 4.64. The normalized spacial score (nSPS) is 22.5. The number of sulfonamides is 1. The topological polar surface area (TPSA) is 66.5 Å². The quantitative estimate of drug-likeness (QED) is 0.803. The average Bonchev–Trinajstić information content (AvgIpc) is 3.01. The minimum Gasteiger partial charge on any atom is -0.306 e. The molecule has 2 aliphatic rings. The van der Waals surface area contributed by atoms with Crippen LogP contribution < -0.4 is 5.32 Å². The average molecular weight is 238 g/mol. The predicted molar refractivity (Wildman–Crippen MR) is 57.5 cm³/mol. The van der Waals surface area contributed by atoms with Crippen molar-refractivity contribution in [1.29, 1.82) is 0 Å². The van der Waals surface area contributed by atoms with Gasteiger partial charge in [-0.1, -0.05) is 12.1 Å². The maximum Gasteiger partial charge on any atom is 0.336 e. The number of carbonyl (C=O) groups is 1. The first-order chi connectivity index (χ1) is 7.60. The Balaban J connectivity index is 2.19. The molecule has 1 saturated carbocycles. The smallest absolute Gasteiger partial charge is 0.306 e. The summed E-state index contributed by atoms with van der Waals surface area (Å²) in [6, 6.07) is 5.76. The Morgan fingerprint density at radius 2 is 1.94 bits per heavy atom. The molecule has 1 aliphatic carbocycles. The van der Waals surface area contributed by atoms with Gasteiger partial charge in [0.25, 0.3) is 10.0 Å². The third-order valence-electron chi connectivity index (χ3n) is 2.74. The number of carbonyl (C=O) groups excluding carboxylic acids is 1. The predicted octanol–water partition coefficient (Wildman–Crippen LogP) is 1.39. The van der Waals surface area contributed by atoms with Crippen LogP contribution in [0.3, 0.4) is 0 Å². The number of hydrogen-bond donors (Lipinski definition) is 1. The first kappa shape index (κ1) is 9.65. The molecule has 1 aliphatic heterocycles. The molecule has 5 nitrogen and oxygen atoms in total. The summed E-state index contributed by atoms with van der Waals surface area (Å²) >= 11 is 0. The van der Waals surface area contributed by atoms with E-state index in [1.807, 2.05) is 0 Å². The van der Waals surface area contributed by atoms with E-state index >= 15 is 0 Å². The fraction of sp³-hybridized carbons (Fsp3) is 0.300. The highest BCUT2D eigenvalue weighted by molar-refractivity contribution is 7.90. The van der Waals surface area contributed by atoms with Crippen LogP contribution in [0.4, 0.5) is 10.5 Å². The summed E-state index contributed by atoms with van der Waals surface area (Å²) in [5.41, 5.74) is 0.365. The lowest BCUT2D eigenvalue weighted by molar-refractivity contribution is 0.233. The number of benzene rings is 1. The molecule has 6 heteroatoms. The van der Waals surface area contributed by atoms with Crippen LogP contribution in [-0.4, -0.2) is 24.8 Å². The molecule has 1 fully saturated rings. The van der Waals surface area contributed by atoms with E-state index in [2.05, 4.69) is 5.32 Å². The zero-order chi connectivity index (χ0) is 11.3. The molecule has 0 unspecified atom stereocenters. The summed E-state index contributed by atoms with van der Waals surface area (Å²) in [5, 5.41) is 2.59. The largest absolute Gasteiger partial charge is 0.336 e. The molecule has 0 saturated heterocycles. The van der Waals surface area contributed by atoms with Gasteiger partial charge in [-0.05, 0) is 25.0 Å². The number of amides is 2. The van der Waals surface area contributed by atoms with Crippen molar-refractivity contribution in [2.75, 3.05) is 5.32 Å². The van der Waals surface area contributed by atoms with Crippen molar-refractivity contribution in [3.8, 4) is 0 Å². The first-order valence-corrected chi connectivity index (χ1v) is 6.49. The molecule has 1 aromatic rings. The Bertz CT molecular complexity index is 563. The summed E-state index contributed by atoms with van der Waals surface area (Å²) in [5.74, 6) is 0. The van der Waals surface area contributed by atoms with Gasteiger partial charge >= 0.3 is 6.03 Å². The molecular weight excluding hydrogens is 228 g/mol. The van der Waals surface area contributed by atoms with E-state index in [1.54, 1.807) is 18.2 Å². The Hall–Kier alpha value is -1.56. The minimum absolute atomic E-state index is 0.154. The van der Waals surface area contributed by atoms with Crippen LogP contribution in [0.1, 0.15) is 12.8 Å². The number of anilines is 1. The highest BCUT2D eigenvalue weighted by Gasteiger charge is 2.45. The second-order valence-corrected chi connectivity index (χ2v) is 5.74. The van der Waals surface area contributed by atoms with Crippen LogP contribution in [0.15, 0.2) is 29.2 Å². The zero-order valence-corrected chi connectivity index (χ0v) is 9.20. The van der Waals surface area contributed by atoms with Crippen molar-refractivity contribution in [3.05, 3.63) is 24.3 Å². The minimum atomic E-state index is -3.65. The van der Waals surface area contributed by atoms with Gasteiger partial charge in [-0.3, -0.25) is 0 Å². The van der Waals surface area contributed by atoms with Crippen LogP contribution in [0.25, 0.3) is 0 Å². The van der Waals surface area contributed by atoms with Crippen molar-refractivity contribution in [3.63, 3.8) is 0 Å². The monoisotopic (exact) mass is 238 g/mol. The SMILES string of the molecule is O=C1Nc2ccccc2S(=O)(=O)N1C1CC1. The van der Waals surface area contributed by atoms with Gasteiger partial charge in [0.2, 0.25) is 0 Å². The van der Waals surface area contributed by atoms with Gasteiger partial charge < -0.3 is 5.32 Å². The number of nitrogens with zero attached hydrogens (tertiary/aromatic N) is 1.